The van der Waals surface area contributed by atoms with E-state index in [4.69, 9.17) is 0 Å². The SMILES string of the molecule is Cc1ccc(-n2c(-c3ccccc3)cc3ccncc32)cc1. The first kappa shape index (κ1) is 12.8. The van der Waals surface area contributed by atoms with Gasteiger partial charge in [0.15, 0.2) is 0 Å². The highest BCUT2D eigenvalue weighted by Gasteiger charge is 2.12. The number of fused-ring (bicyclic) bond motifs is 1. The van der Waals surface area contributed by atoms with Gasteiger partial charge in [-0.15, -0.1) is 0 Å². The molecule has 0 aliphatic heterocycles. The Hall–Kier alpha value is -2.87. The van der Waals surface area contributed by atoms with Crippen LogP contribution in [0.4, 0.5) is 0 Å². The minimum atomic E-state index is 1.13. The number of benzene rings is 2. The Bertz CT molecular complexity index is 919. The molecule has 0 saturated carbocycles. The van der Waals surface area contributed by atoms with Crippen molar-refractivity contribution in [2.24, 2.45) is 0 Å². The Balaban J connectivity index is 2.04. The van der Waals surface area contributed by atoms with E-state index < -0.39 is 0 Å². The third-order valence-corrected chi connectivity index (χ3v) is 3.97. The van der Waals surface area contributed by atoms with Crippen LogP contribution in [-0.4, -0.2) is 9.55 Å². The van der Waals surface area contributed by atoms with Gasteiger partial charge in [-0.05, 0) is 36.8 Å². The van der Waals surface area contributed by atoms with Crippen molar-refractivity contribution in [1.82, 2.24) is 9.55 Å². The molecule has 106 valence electrons. The molecule has 0 aliphatic carbocycles. The number of aromatic nitrogens is 2. The summed E-state index contributed by atoms with van der Waals surface area (Å²) in [7, 11) is 0. The molecule has 0 atom stereocenters. The standard InChI is InChI=1S/C20H16N2/c1-15-7-9-18(10-8-15)22-19(16-5-3-2-4-6-16)13-17-11-12-21-14-20(17)22/h2-14H,1H3. The molecule has 4 rings (SSSR count). The largest absolute Gasteiger partial charge is 0.308 e. The summed E-state index contributed by atoms with van der Waals surface area (Å²) >= 11 is 0. The van der Waals surface area contributed by atoms with Gasteiger partial charge in [0, 0.05) is 17.3 Å². The molecule has 4 aromatic rings. The quantitative estimate of drug-likeness (QED) is 0.506. The van der Waals surface area contributed by atoms with E-state index in [1.54, 1.807) is 0 Å². The Morgan fingerprint density at radius 1 is 0.864 bits per heavy atom. The fourth-order valence-corrected chi connectivity index (χ4v) is 2.84. The summed E-state index contributed by atoms with van der Waals surface area (Å²) in [5.74, 6) is 0. The van der Waals surface area contributed by atoms with E-state index in [9.17, 15) is 0 Å². The zero-order chi connectivity index (χ0) is 14.9. The van der Waals surface area contributed by atoms with Gasteiger partial charge in [0.25, 0.3) is 0 Å². The lowest BCUT2D eigenvalue weighted by Gasteiger charge is -2.11. The van der Waals surface area contributed by atoms with Crippen LogP contribution in [0.25, 0.3) is 27.8 Å². The molecule has 0 N–H and O–H groups in total. The summed E-state index contributed by atoms with van der Waals surface area (Å²) in [6, 6.07) is 23.4. The number of hydrogen-bond donors (Lipinski definition) is 0. The molecule has 2 heterocycles. The minimum absolute atomic E-state index is 1.13. The maximum absolute atomic E-state index is 4.30. The van der Waals surface area contributed by atoms with Crippen LogP contribution in [0.3, 0.4) is 0 Å². The second-order valence-corrected chi connectivity index (χ2v) is 5.50. The molecule has 0 radical (unpaired) electrons. The van der Waals surface area contributed by atoms with Crippen LogP contribution in [0, 0.1) is 6.92 Å². The number of nitrogens with zero attached hydrogens (tertiary/aromatic N) is 2. The molecular weight excluding hydrogens is 268 g/mol. The summed E-state index contributed by atoms with van der Waals surface area (Å²) < 4.78 is 2.27. The highest BCUT2D eigenvalue weighted by atomic mass is 15.0. The van der Waals surface area contributed by atoms with Crippen molar-refractivity contribution in [2.75, 3.05) is 0 Å². The molecule has 0 saturated heterocycles. The lowest BCUT2D eigenvalue weighted by Crippen LogP contribution is -1.96. The average molecular weight is 284 g/mol. The fraction of sp³-hybridized carbons (Fsp3) is 0.0500. The van der Waals surface area contributed by atoms with Gasteiger partial charge in [-0.1, -0.05) is 48.0 Å². The molecule has 0 aliphatic rings. The molecule has 2 heteroatoms. The monoisotopic (exact) mass is 284 g/mol. The number of aryl methyl sites for hydroxylation is 1. The normalized spacial score (nSPS) is 11.0. The molecular formula is C20H16N2. The summed E-state index contributed by atoms with van der Waals surface area (Å²) in [4.78, 5) is 4.30. The van der Waals surface area contributed by atoms with Gasteiger partial charge < -0.3 is 4.57 Å². The zero-order valence-corrected chi connectivity index (χ0v) is 12.4. The van der Waals surface area contributed by atoms with Gasteiger partial charge >= 0.3 is 0 Å². The molecule has 0 fully saturated rings. The summed E-state index contributed by atoms with van der Waals surface area (Å²) in [6.45, 7) is 2.11. The number of pyridine rings is 1. The molecule has 2 aromatic heterocycles. The number of rotatable bonds is 2. The van der Waals surface area contributed by atoms with E-state index in [-0.39, 0.29) is 0 Å². The first-order valence-electron chi connectivity index (χ1n) is 7.41. The van der Waals surface area contributed by atoms with Gasteiger partial charge in [0.1, 0.15) is 0 Å². The Morgan fingerprint density at radius 3 is 2.41 bits per heavy atom. The summed E-state index contributed by atoms with van der Waals surface area (Å²) in [5.41, 5.74) is 5.95. The van der Waals surface area contributed by atoms with E-state index in [1.165, 1.54) is 22.2 Å². The van der Waals surface area contributed by atoms with E-state index >= 15 is 0 Å². The molecule has 2 nitrogen and oxygen atoms in total. The van der Waals surface area contributed by atoms with Gasteiger partial charge in [-0.25, -0.2) is 0 Å². The highest BCUT2D eigenvalue weighted by molar-refractivity contribution is 5.88. The average Bonchev–Trinajstić information content (AvgIpc) is 2.96. The van der Waals surface area contributed by atoms with Crippen molar-refractivity contribution < 1.29 is 0 Å². The Kier molecular flexibility index (Phi) is 3.01. The molecule has 0 spiro atoms. The Labute approximate surface area is 129 Å². The molecule has 0 bridgehead atoms. The van der Waals surface area contributed by atoms with Crippen molar-refractivity contribution in [1.29, 1.82) is 0 Å². The van der Waals surface area contributed by atoms with Crippen LogP contribution < -0.4 is 0 Å². The van der Waals surface area contributed by atoms with Gasteiger partial charge in [0.2, 0.25) is 0 Å². The highest BCUT2D eigenvalue weighted by Crippen LogP contribution is 2.31. The lowest BCUT2D eigenvalue weighted by atomic mass is 10.1. The van der Waals surface area contributed by atoms with Crippen LogP contribution in [0.2, 0.25) is 0 Å². The maximum atomic E-state index is 4.30. The maximum Gasteiger partial charge on any atom is 0.0718 e. The second-order valence-electron chi connectivity index (χ2n) is 5.50. The van der Waals surface area contributed by atoms with Crippen molar-refractivity contribution in [3.8, 4) is 16.9 Å². The summed E-state index contributed by atoms with van der Waals surface area (Å²) in [6.07, 6.45) is 3.78. The topological polar surface area (TPSA) is 17.8 Å². The minimum Gasteiger partial charge on any atom is -0.308 e. The lowest BCUT2D eigenvalue weighted by molar-refractivity contribution is 1.12. The van der Waals surface area contributed by atoms with Crippen molar-refractivity contribution in [3.05, 3.63) is 84.7 Å². The molecule has 0 amide bonds. The first-order valence-corrected chi connectivity index (χ1v) is 7.41. The fourth-order valence-electron chi connectivity index (χ4n) is 2.84. The van der Waals surface area contributed by atoms with Crippen LogP contribution in [0.1, 0.15) is 5.56 Å². The van der Waals surface area contributed by atoms with Crippen LogP contribution >= 0.6 is 0 Å². The van der Waals surface area contributed by atoms with Crippen LogP contribution in [0.5, 0.6) is 0 Å². The van der Waals surface area contributed by atoms with Crippen molar-refractivity contribution in [2.45, 2.75) is 6.92 Å². The van der Waals surface area contributed by atoms with Crippen LogP contribution in [0.15, 0.2) is 79.1 Å². The third-order valence-electron chi connectivity index (χ3n) is 3.97. The zero-order valence-electron chi connectivity index (χ0n) is 12.4. The van der Waals surface area contributed by atoms with E-state index in [1.807, 2.05) is 18.5 Å². The molecule has 2 aromatic carbocycles. The van der Waals surface area contributed by atoms with Crippen LogP contribution in [-0.2, 0) is 0 Å². The first-order chi connectivity index (χ1) is 10.8. The van der Waals surface area contributed by atoms with Gasteiger partial charge in [-0.2, -0.15) is 0 Å². The van der Waals surface area contributed by atoms with E-state index in [0.717, 1.165) is 11.2 Å². The second kappa shape index (κ2) is 5.15. The van der Waals surface area contributed by atoms with E-state index in [0.29, 0.717) is 0 Å². The summed E-state index contributed by atoms with van der Waals surface area (Å²) in [5, 5.41) is 1.20. The molecule has 22 heavy (non-hydrogen) atoms. The predicted molar refractivity (Wildman–Crippen MR) is 91.2 cm³/mol. The molecule has 0 unspecified atom stereocenters. The van der Waals surface area contributed by atoms with Gasteiger partial charge in [0.05, 0.1) is 17.4 Å². The third kappa shape index (κ3) is 2.09. The van der Waals surface area contributed by atoms with Crippen molar-refractivity contribution >= 4 is 10.9 Å². The smallest absolute Gasteiger partial charge is 0.0718 e. The predicted octanol–water partition coefficient (Wildman–Crippen LogP) is 5.00. The number of hydrogen-bond acceptors (Lipinski definition) is 1. The van der Waals surface area contributed by atoms with E-state index in [2.05, 4.69) is 77.1 Å². The Morgan fingerprint density at radius 2 is 1.64 bits per heavy atom. The van der Waals surface area contributed by atoms with Crippen molar-refractivity contribution in [3.63, 3.8) is 0 Å². The van der Waals surface area contributed by atoms with Gasteiger partial charge in [-0.3, -0.25) is 4.98 Å².